The zero-order valence-electron chi connectivity index (χ0n) is 14.2. The van der Waals surface area contributed by atoms with Gasteiger partial charge < -0.3 is 4.74 Å². The highest BCUT2D eigenvalue weighted by atomic mass is 32.2. The fourth-order valence-corrected chi connectivity index (χ4v) is 6.35. The first-order valence-electron chi connectivity index (χ1n) is 8.46. The summed E-state index contributed by atoms with van der Waals surface area (Å²) in [6.07, 6.45) is 4.62. The van der Waals surface area contributed by atoms with Gasteiger partial charge in [-0.05, 0) is 32.8 Å². The molecule has 2 aliphatic heterocycles. The number of rotatable bonds is 4. The number of nitrogens with zero attached hydrogens (tertiary/aromatic N) is 4. The molecule has 0 amide bonds. The molecule has 2 aromatic heterocycles. The van der Waals surface area contributed by atoms with E-state index in [-0.39, 0.29) is 18.2 Å². The third-order valence-corrected chi connectivity index (χ3v) is 7.32. The van der Waals surface area contributed by atoms with Gasteiger partial charge in [0.1, 0.15) is 11.0 Å². The number of aromatic nitrogens is 4. The smallest absolute Gasteiger partial charge is 0.247 e. The van der Waals surface area contributed by atoms with Gasteiger partial charge in [-0.2, -0.15) is 14.5 Å². The van der Waals surface area contributed by atoms with Crippen LogP contribution in [0.1, 0.15) is 37.1 Å². The van der Waals surface area contributed by atoms with Crippen LogP contribution in [-0.4, -0.2) is 51.3 Å². The Morgan fingerprint density at radius 1 is 1.24 bits per heavy atom. The molecule has 4 rings (SSSR count). The number of aryl methyl sites for hydroxylation is 2. The number of ether oxygens (including phenoxy) is 1. The molecule has 9 heteroatoms. The maximum absolute atomic E-state index is 13.2. The summed E-state index contributed by atoms with van der Waals surface area (Å²) in [6, 6.07) is 3.47. The molecule has 2 saturated heterocycles. The molecule has 1 N–H and O–H groups in total. The van der Waals surface area contributed by atoms with Crippen LogP contribution in [-0.2, 0) is 10.0 Å². The summed E-state index contributed by atoms with van der Waals surface area (Å²) >= 11 is 0. The van der Waals surface area contributed by atoms with Crippen LogP contribution in [0.4, 0.5) is 0 Å². The van der Waals surface area contributed by atoms with E-state index < -0.39 is 10.0 Å². The number of fused-ring (bicyclic) bond motifs is 2. The van der Waals surface area contributed by atoms with Crippen LogP contribution in [0.2, 0.25) is 0 Å². The van der Waals surface area contributed by atoms with Gasteiger partial charge in [-0.1, -0.05) is 0 Å². The summed E-state index contributed by atoms with van der Waals surface area (Å²) in [5, 5.41) is 14.6. The first kappa shape index (κ1) is 16.5. The Labute approximate surface area is 146 Å². The van der Waals surface area contributed by atoms with Crippen molar-refractivity contribution in [2.75, 3.05) is 0 Å². The first-order valence-corrected chi connectivity index (χ1v) is 9.90. The van der Waals surface area contributed by atoms with E-state index in [4.69, 9.17) is 4.74 Å². The van der Waals surface area contributed by atoms with E-state index in [1.165, 1.54) is 0 Å². The van der Waals surface area contributed by atoms with E-state index in [2.05, 4.69) is 20.4 Å². The third kappa shape index (κ3) is 2.81. The molecule has 0 aromatic carbocycles. The summed E-state index contributed by atoms with van der Waals surface area (Å²) in [5.41, 5.74) is 1.12. The largest absolute Gasteiger partial charge is 0.473 e. The van der Waals surface area contributed by atoms with Crippen LogP contribution < -0.4 is 4.74 Å². The average Bonchev–Trinajstić information content (AvgIpc) is 3.06. The summed E-state index contributed by atoms with van der Waals surface area (Å²) in [6.45, 7) is 3.47. The lowest BCUT2D eigenvalue weighted by atomic mass is 10.0. The number of piperidine rings is 1. The number of hydrogen-bond acceptors (Lipinski definition) is 6. The van der Waals surface area contributed by atoms with Crippen molar-refractivity contribution in [1.29, 1.82) is 0 Å². The van der Waals surface area contributed by atoms with Gasteiger partial charge in [0.2, 0.25) is 15.9 Å². The molecule has 2 aliphatic rings. The third-order valence-electron chi connectivity index (χ3n) is 5.05. The Hall–Kier alpha value is -2.00. The monoisotopic (exact) mass is 363 g/mol. The van der Waals surface area contributed by atoms with Crippen molar-refractivity contribution in [3.8, 4) is 5.88 Å². The van der Waals surface area contributed by atoms with Gasteiger partial charge in [0, 0.05) is 37.2 Å². The zero-order valence-corrected chi connectivity index (χ0v) is 15.0. The summed E-state index contributed by atoms with van der Waals surface area (Å²) in [5.74, 6) is 0.490. The molecule has 25 heavy (non-hydrogen) atoms. The van der Waals surface area contributed by atoms with Crippen molar-refractivity contribution >= 4 is 10.0 Å². The quantitative estimate of drug-likeness (QED) is 0.885. The number of nitrogens with one attached hydrogen (secondary N) is 1. The topological polar surface area (TPSA) is 101 Å². The van der Waals surface area contributed by atoms with Gasteiger partial charge in [-0.25, -0.2) is 8.42 Å². The predicted molar refractivity (Wildman–Crippen MR) is 89.6 cm³/mol. The fourth-order valence-electron chi connectivity index (χ4n) is 4.12. The maximum Gasteiger partial charge on any atom is 0.247 e. The molecule has 0 saturated carbocycles. The molecule has 2 bridgehead atoms. The molecule has 0 spiro atoms. The Bertz CT molecular complexity index is 834. The van der Waals surface area contributed by atoms with Gasteiger partial charge in [-0.15, -0.1) is 5.10 Å². The highest BCUT2D eigenvalue weighted by Gasteiger charge is 2.49. The van der Waals surface area contributed by atoms with Crippen LogP contribution in [0, 0.1) is 13.8 Å². The van der Waals surface area contributed by atoms with Crippen molar-refractivity contribution in [2.24, 2.45) is 0 Å². The summed E-state index contributed by atoms with van der Waals surface area (Å²) in [7, 11) is -3.56. The number of H-pyrrole nitrogens is 1. The van der Waals surface area contributed by atoms with Crippen molar-refractivity contribution in [3.05, 3.63) is 29.7 Å². The Morgan fingerprint density at radius 2 is 1.96 bits per heavy atom. The van der Waals surface area contributed by atoms with Crippen molar-refractivity contribution in [3.63, 3.8) is 0 Å². The molecule has 8 nitrogen and oxygen atoms in total. The second-order valence-corrected chi connectivity index (χ2v) is 8.54. The Morgan fingerprint density at radius 3 is 2.52 bits per heavy atom. The molecule has 4 heterocycles. The minimum atomic E-state index is -3.56. The van der Waals surface area contributed by atoms with Crippen LogP contribution >= 0.6 is 0 Å². The van der Waals surface area contributed by atoms with Crippen LogP contribution in [0.3, 0.4) is 0 Å². The molecular formula is C16H21N5O3S. The zero-order chi connectivity index (χ0) is 17.6. The fraction of sp³-hybridized carbons (Fsp3) is 0.562. The van der Waals surface area contributed by atoms with Crippen LogP contribution in [0.25, 0.3) is 0 Å². The Balaban J connectivity index is 1.57. The normalized spacial score (nSPS) is 26.7. The van der Waals surface area contributed by atoms with Crippen molar-refractivity contribution < 1.29 is 13.2 Å². The number of sulfonamides is 1. The van der Waals surface area contributed by atoms with Crippen molar-refractivity contribution in [2.45, 2.75) is 62.6 Å². The molecule has 0 aliphatic carbocycles. The first-order chi connectivity index (χ1) is 12.0. The number of hydrogen-bond donors (Lipinski definition) is 1. The highest BCUT2D eigenvalue weighted by molar-refractivity contribution is 7.89. The maximum atomic E-state index is 13.2. The van der Waals surface area contributed by atoms with Crippen molar-refractivity contribution in [1.82, 2.24) is 24.7 Å². The molecule has 134 valence electrons. The Kier molecular flexibility index (Phi) is 3.99. The summed E-state index contributed by atoms with van der Waals surface area (Å²) in [4.78, 5) is 0.317. The molecule has 2 unspecified atom stereocenters. The predicted octanol–water partition coefficient (Wildman–Crippen LogP) is 1.58. The SMILES string of the molecule is Cc1n[nH]c(C)c1S(=O)(=O)N1C2CC[C@H]1CC(Oc1cccnn1)C2. The van der Waals surface area contributed by atoms with E-state index in [0.29, 0.717) is 35.0 Å². The van der Waals surface area contributed by atoms with E-state index in [1.54, 1.807) is 36.5 Å². The standard InChI is InChI=1S/C16H21N5O3S/c1-10-16(11(2)19-18-10)25(22,23)21-12-5-6-13(21)9-14(8-12)24-15-4-3-7-17-20-15/h3-4,7,12-14H,5-6,8-9H2,1-2H3,(H,18,19)/t12-,13?,14?/m0/s1. The van der Waals surface area contributed by atoms with Gasteiger partial charge in [-0.3, -0.25) is 5.10 Å². The lowest BCUT2D eigenvalue weighted by molar-refractivity contribution is 0.0909. The van der Waals surface area contributed by atoms with E-state index >= 15 is 0 Å². The van der Waals surface area contributed by atoms with E-state index in [1.807, 2.05) is 0 Å². The second-order valence-electron chi connectivity index (χ2n) is 6.76. The molecule has 2 aromatic rings. The number of aromatic amines is 1. The lowest BCUT2D eigenvalue weighted by Gasteiger charge is -2.37. The summed E-state index contributed by atoms with van der Waals surface area (Å²) < 4.78 is 34.0. The van der Waals surface area contributed by atoms with Gasteiger partial charge in [0.25, 0.3) is 0 Å². The lowest BCUT2D eigenvalue weighted by Crippen LogP contribution is -2.49. The minimum absolute atomic E-state index is 0.0350. The molecule has 3 atom stereocenters. The molecule has 2 fully saturated rings. The molecule has 0 radical (unpaired) electrons. The van der Waals surface area contributed by atoms with E-state index in [9.17, 15) is 8.42 Å². The second kappa shape index (κ2) is 6.06. The average molecular weight is 363 g/mol. The van der Waals surface area contributed by atoms with E-state index in [0.717, 1.165) is 12.8 Å². The van der Waals surface area contributed by atoms with Gasteiger partial charge in [0.15, 0.2) is 0 Å². The highest BCUT2D eigenvalue weighted by Crippen LogP contribution is 2.41. The van der Waals surface area contributed by atoms with Gasteiger partial charge in [0.05, 0.1) is 11.4 Å². The minimum Gasteiger partial charge on any atom is -0.473 e. The van der Waals surface area contributed by atoms with Gasteiger partial charge >= 0.3 is 0 Å². The molecular weight excluding hydrogens is 342 g/mol. The van der Waals surface area contributed by atoms with Crippen LogP contribution in [0.15, 0.2) is 23.2 Å². The van der Waals surface area contributed by atoms with Crippen LogP contribution in [0.5, 0.6) is 5.88 Å².